The van der Waals surface area contributed by atoms with Gasteiger partial charge in [-0.3, -0.25) is 5.41 Å². The van der Waals surface area contributed by atoms with Crippen molar-refractivity contribution in [1.29, 1.82) is 5.41 Å². The number of hydrogen-bond donors (Lipinski definition) is 3. The number of allylic oxidation sites excluding steroid dienone is 1. The fourth-order valence-corrected chi connectivity index (χ4v) is 2.44. The maximum Gasteiger partial charge on any atom is 0.211 e. The van der Waals surface area contributed by atoms with Crippen molar-refractivity contribution in [3.05, 3.63) is 41.5 Å². The number of phenols is 1. The molecular weight excluding hydrogens is 242 g/mol. The Hall–Kier alpha value is -2.07. The zero-order valence-electron chi connectivity index (χ0n) is 10.4. The van der Waals surface area contributed by atoms with Gasteiger partial charge in [0.1, 0.15) is 11.3 Å². The first-order valence-electron chi connectivity index (χ1n) is 6.32. The Bertz CT molecular complexity index is 715. The van der Waals surface area contributed by atoms with Gasteiger partial charge >= 0.3 is 0 Å². The number of hydrogen-bond acceptors (Lipinski definition) is 4. The third kappa shape index (κ3) is 2.27. The lowest BCUT2D eigenvalue weighted by Gasteiger charge is -2.18. The van der Waals surface area contributed by atoms with Gasteiger partial charge in [-0.2, -0.15) is 0 Å². The lowest BCUT2D eigenvalue weighted by Crippen LogP contribution is -2.09. The predicted molar refractivity (Wildman–Crippen MR) is 71.6 cm³/mol. The first-order chi connectivity index (χ1) is 9.13. The van der Waals surface area contributed by atoms with Crippen molar-refractivity contribution in [2.45, 2.75) is 25.4 Å². The molecule has 0 saturated heterocycles. The molecule has 0 bridgehead atoms. The molecule has 0 amide bonds. The van der Waals surface area contributed by atoms with E-state index in [0.717, 1.165) is 24.0 Å². The van der Waals surface area contributed by atoms with Crippen LogP contribution in [0.25, 0.3) is 16.5 Å². The van der Waals surface area contributed by atoms with Gasteiger partial charge in [-0.1, -0.05) is 6.08 Å². The van der Waals surface area contributed by atoms with Crippen LogP contribution in [0.5, 0.6) is 5.75 Å². The highest BCUT2D eigenvalue weighted by Gasteiger charge is 2.14. The van der Waals surface area contributed by atoms with Gasteiger partial charge in [-0.25, -0.2) is 0 Å². The number of nitrogens with one attached hydrogen (secondary N) is 1. The smallest absolute Gasteiger partial charge is 0.211 e. The summed E-state index contributed by atoms with van der Waals surface area (Å²) in [5.41, 5.74) is 2.57. The maximum absolute atomic E-state index is 10.0. The highest BCUT2D eigenvalue weighted by molar-refractivity contribution is 5.87. The SMILES string of the molecule is N=c1ccc2c(O)cc(C3=CCC(O)CC3)cc2o1. The second kappa shape index (κ2) is 4.55. The molecular formula is C15H15NO3. The van der Waals surface area contributed by atoms with Crippen molar-refractivity contribution in [2.75, 3.05) is 0 Å². The van der Waals surface area contributed by atoms with E-state index in [9.17, 15) is 10.2 Å². The van der Waals surface area contributed by atoms with Crippen LogP contribution in [-0.2, 0) is 0 Å². The summed E-state index contributed by atoms with van der Waals surface area (Å²) < 4.78 is 5.33. The quantitative estimate of drug-likeness (QED) is 0.734. The fourth-order valence-electron chi connectivity index (χ4n) is 2.44. The van der Waals surface area contributed by atoms with Crippen molar-refractivity contribution in [3.63, 3.8) is 0 Å². The molecule has 4 heteroatoms. The van der Waals surface area contributed by atoms with Gasteiger partial charge in [0, 0.05) is 6.07 Å². The molecule has 1 heterocycles. The van der Waals surface area contributed by atoms with Crippen molar-refractivity contribution in [1.82, 2.24) is 0 Å². The van der Waals surface area contributed by atoms with Crippen LogP contribution in [0.4, 0.5) is 0 Å². The summed E-state index contributed by atoms with van der Waals surface area (Å²) in [7, 11) is 0. The van der Waals surface area contributed by atoms with Crippen LogP contribution in [0.3, 0.4) is 0 Å². The van der Waals surface area contributed by atoms with E-state index in [1.807, 2.05) is 12.1 Å². The molecule has 1 aromatic heterocycles. The molecule has 98 valence electrons. The molecule has 19 heavy (non-hydrogen) atoms. The van der Waals surface area contributed by atoms with Gasteiger partial charge in [0.25, 0.3) is 0 Å². The third-order valence-corrected chi connectivity index (χ3v) is 3.50. The van der Waals surface area contributed by atoms with Gasteiger partial charge in [0.2, 0.25) is 5.55 Å². The van der Waals surface area contributed by atoms with Gasteiger partial charge < -0.3 is 14.6 Å². The number of aromatic hydroxyl groups is 1. The number of aliphatic hydroxyl groups excluding tert-OH is 1. The van der Waals surface area contributed by atoms with E-state index in [1.54, 1.807) is 12.1 Å². The van der Waals surface area contributed by atoms with E-state index in [1.165, 1.54) is 6.07 Å². The van der Waals surface area contributed by atoms with E-state index < -0.39 is 0 Å². The minimum absolute atomic E-state index is 0.0668. The average Bonchev–Trinajstić information content (AvgIpc) is 2.38. The normalized spacial score (nSPS) is 19.4. The summed E-state index contributed by atoms with van der Waals surface area (Å²) >= 11 is 0. The Labute approximate surface area is 110 Å². The molecule has 4 nitrogen and oxygen atoms in total. The maximum atomic E-state index is 10.0. The van der Waals surface area contributed by atoms with Crippen LogP contribution in [-0.4, -0.2) is 16.3 Å². The molecule has 0 radical (unpaired) electrons. The van der Waals surface area contributed by atoms with Crippen molar-refractivity contribution >= 4 is 16.5 Å². The first-order valence-corrected chi connectivity index (χ1v) is 6.32. The molecule has 1 atom stereocenters. The van der Waals surface area contributed by atoms with Gasteiger partial charge in [0.15, 0.2) is 0 Å². The van der Waals surface area contributed by atoms with Gasteiger partial charge in [-0.05, 0) is 48.6 Å². The number of benzene rings is 1. The molecule has 3 N–H and O–H groups in total. The van der Waals surface area contributed by atoms with E-state index in [0.29, 0.717) is 17.4 Å². The fraction of sp³-hybridized carbons (Fsp3) is 0.267. The van der Waals surface area contributed by atoms with E-state index in [2.05, 4.69) is 0 Å². The third-order valence-electron chi connectivity index (χ3n) is 3.50. The molecule has 1 aliphatic rings. The van der Waals surface area contributed by atoms with Crippen molar-refractivity contribution in [3.8, 4) is 5.75 Å². The molecule has 0 aliphatic heterocycles. The Kier molecular flexibility index (Phi) is 2.87. The molecule has 0 fully saturated rings. The van der Waals surface area contributed by atoms with Crippen LogP contribution in [0, 0.1) is 5.41 Å². The van der Waals surface area contributed by atoms with Crippen LogP contribution >= 0.6 is 0 Å². The van der Waals surface area contributed by atoms with Crippen molar-refractivity contribution < 1.29 is 14.6 Å². The molecule has 0 spiro atoms. The second-order valence-corrected chi connectivity index (χ2v) is 4.86. The molecule has 2 aromatic rings. The molecule has 3 rings (SSSR count). The molecule has 0 saturated carbocycles. The molecule has 1 unspecified atom stereocenters. The van der Waals surface area contributed by atoms with Crippen molar-refractivity contribution in [2.24, 2.45) is 0 Å². The minimum Gasteiger partial charge on any atom is -0.507 e. The highest BCUT2D eigenvalue weighted by atomic mass is 16.3. The van der Waals surface area contributed by atoms with Crippen LogP contribution < -0.4 is 5.55 Å². The van der Waals surface area contributed by atoms with Gasteiger partial charge in [0.05, 0.1) is 11.5 Å². The largest absolute Gasteiger partial charge is 0.507 e. The number of fused-ring (bicyclic) bond motifs is 1. The minimum atomic E-state index is -0.262. The van der Waals surface area contributed by atoms with Crippen LogP contribution in [0.15, 0.2) is 34.8 Å². The molecule has 1 aromatic carbocycles. The summed E-state index contributed by atoms with van der Waals surface area (Å²) in [5, 5.41) is 27.6. The Morgan fingerprint density at radius 1 is 1.26 bits per heavy atom. The molecule has 1 aliphatic carbocycles. The lowest BCUT2D eigenvalue weighted by atomic mass is 9.91. The lowest BCUT2D eigenvalue weighted by molar-refractivity contribution is 0.166. The number of aliphatic hydroxyl groups is 1. The van der Waals surface area contributed by atoms with Crippen LogP contribution in [0.1, 0.15) is 24.8 Å². The van der Waals surface area contributed by atoms with E-state index in [-0.39, 0.29) is 17.4 Å². The average molecular weight is 257 g/mol. The van der Waals surface area contributed by atoms with Gasteiger partial charge in [-0.15, -0.1) is 0 Å². The monoisotopic (exact) mass is 257 g/mol. The first kappa shape index (κ1) is 12.0. The predicted octanol–water partition coefficient (Wildman–Crippen LogP) is 2.55. The zero-order chi connectivity index (χ0) is 13.4. The topological polar surface area (TPSA) is 77.5 Å². The standard InChI is InChI=1S/C15H15NO3/c16-15-6-5-12-13(18)7-10(8-14(12)19-15)9-1-3-11(17)4-2-9/h1,5-8,11,16-18H,2-4H2. The number of rotatable bonds is 1. The summed E-state index contributed by atoms with van der Waals surface area (Å²) in [6.07, 6.45) is 3.90. The number of phenolic OH excluding ortho intramolecular Hbond substituents is 1. The highest BCUT2D eigenvalue weighted by Crippen LogP contribution is 2.33. The Balaban J connectivity index is 2.12. The van der Waals surface area contributed by atoms with E-state index in [4.69, 9.17) is 9.83 Å². The summed E-state index contributed by atoms with van der Waals surface area (Å²) in [6.45, 7) is 0. The summed E-state index contributed by atoms with van der Waals surface area (Å²) in [6, 6.07) is 6.75. The Morgan fingerprint density at radius 2 is 2.11 bits per heavy atom. The zero-order valence-corrected chi connectivity index (χ0v) is 10.4. The van der Waals surface area contributed by atoms with E-state index >= 15 is 0 Å². The second-order valence-electron chi connectivity index (χ2n) is 4.86. The Morgan fingerprint density at radius 3 is 2.84 bits per heavy atom. The summed E-state index contributed by atoms with van der Waals surface area (Å²) in [5.74, 6) is 0.156. The van der Waals surface area contributed by atoms with Crippen LogP contribution in [0.2, 0.25) is 0 Å². The summed E-state index contributed by atoms with van der Waals surface area (Å²) in [4.78, 5) is 0.